The number of carbonyl (C=O) groups is 1. The summed E-state index contributed by atoms with van der Waals surface area (Å²) in [6.45, 7) is 2.21. The number of carbonyl (C=O) groups excluding carboxylic acids is 1. The van der Waals surface area contributed by atoms with Gasteiger partial charge in [0.1, 0.15) is 11.4 Å². The minimum atomic E-state index is -0.249. The van der Waals surface area contributed by atoms with Crippen molar-refractivity contribution in [1.29, 1.82) is 0 Å². The van der Waals surface area contributed by atoms with Gasteiger partial charge in [-0.3, -0.25) is 19.1 Å². The van der Waals surface area contributed by atoms with E-state index in [0.29, 0.717) is 16.8 Å². The average molecular weight is 314 g/mol. The summed E-state index contributed by atoms with van der Waals surface area (Å²) in [4.78, 5) is 34.3. The molecule has 22 heavy (non-hydrogen) atoms. The van der Waals surface area contributed by atoms with Crippen LogP contribution in [-0.4, -0.2) is 20.4 Å². The zero-order valence-electron chi connectivity index (χ0n) is 11.9. The molecule has 3 aromatic heterocycles. The molecule has 0 bridgehead atoms. The summed E-state index contributed by atoms with van der Waals surface area (Å²) >= 11 is 1.47. The third-order valence-corrected chi connectivity index (χ3v) is 4.11. The van der Waals surface area contributed by atoms with Gasteiger partial charge < -0.3 is 5.32 Å². The number of fused-ring (bicyclic) bond motifs is 1. The van der Waals surface area contributed by atoms with E-state index >= 15 is 0 Å². The molecule has 3 aromatic rings. The number of thiophene rings is 1. The van der Waals surface area contributed by atoms with Crippen molar-refractivity contribution >= 4 is 27.5 Å². The minimum absolute atomic E-state index is 0.0521. The predicted molar refractivity (Wildman–Crippen MR) is 84.7 cm³/mol. The zero-order chi connectivity index (χ0) is 15.5. The van der Waals surface area contributed by atoms with E-state index < -0.39 is 0 Å². The average Bonchev–Trinajstić information content (AvgIpc) is 2.91. The van der Waals surface area contributed by atoms with Gasteiger partial charge in [0.2, 0.25) is 5.91 Å². The molecule has 3 rings (SSSR count). The van der Waals surface area contributed by atoms with Gasteiger partial charge in [0.05, 0.1) is 24.0 Å². The maximum Gasteiger partial charge on any atom is 0.262 e. The quantitative estimate of drug-likeness (QED) is 0.791. The summed E-state index contributed by atoms with van der Waals surface area (Å²) in [5, 5.41) is 3.30. The molecule has 0 saturated carbocycles. The molecule has 0 saturated heterocycles. The highest BCUT2D eigenvalue weighted by atomic mass is 32.1. The summed E-state index contributed by atoms with van der Waals surface area (Å²) in [5.41, 5.74) is 0.576. The molecule has 0 fully saturated rings. The Morgan fingerprint density at radius 2 is 2.23 bits per heavy atom. The lowest BCUT2D eigenvalue weighted by Crippen LogP contribution is -2.32. The van der Waals surface area contributed by atoms with E-state index in [9.17, 15) is 9.59 Å². The number of nitrogens with one attached hydrogen (secondary N) is 1. The smallest absolute Gasteiger partial charge is 0.262 e. The van der Waals surface area contributed by atoms with Crippen LogP contribution in [-0.2, 0) is 17.9 Å². The van der Waals surface area contributed by atoms with Crippen molar-refractivity contribution in [3.05, 3.63) is 57.7 Å². The summed E-state index contributed by atoms with van der Waals surface area (Å²) < 4.78 is 1.32. The second-order valence-corrected chi connectivity index (χ2v) is 6.09. The van der Waals surface area contributed by atoms with Crippen LogP contribution < -0.4 is 10.9 Å². The summed E-state index contributed by atoms with van der Waals surface area (Å²) in [7, 11) is 0. The highest BCUT2D eigenvalue weighted by molar-refractivity contribution is 7.18. The fourth-order valence-electron chi connectivity index (χ4n) is 2.10. The van der Waals surface area contributed by atoms with E-state index in [2.05, 4.69) is 15.3 Å². The fourth-order valence-corrected chi connectivity index (χ4v) is 2.93. The van der Waals surface area contributed by atoms with Gasteiger partial charge in [0, 0.05) is 11.1 Å². The first-order chi connectivity index (χ1) is 10.6. The molecular formula is C15H14N4O2S. The number of nitrogens with zero attached hydrogens (tertiary/aromatic N) is 3. The molecule has 0 radical (unpaired) electrons. The third kappa shape index (κ3) is 3.04. The molecular weight excluding hydrogens is 300 g/mol. The van der Waals surface area contributed by atoms with Crippen LogP contribution in [0.1, 0.15) is 10.6 Å². The number of hydrogen-bond donors (Lipinski definition) is 1. The van der Waals surface area contributed by atoms with Gasteiger partial charge in [-0.2, -0.15) is 0 Å². The van der Waals surface area contributed by atoms with Crippen LogP contribution >= 0.6 is 11.3 Å². The Balaban J connectivity index is 1.71. The lowest BCUT2D eigenvalue weighted by atomic mass is 10.3. The monoisotopic (exact) mass is 314 g/mol. The van der Waals surface area contributed by atoms with Gasteiger partial charge in [0.15, 0.2) is 0 Å². The predicted octanol–water partition coefficient (Wildman–Crippen LogP) is 1.48. The first-order valence-corrected chi connectivity index (χ1v) is 7.57. The Kier molecular flexibility index (Phi) is 3.97. The summed E-state index contributed by atoms with van der Waals surface area (Å²) in [5.74, 6) is -0.249. The molecule has 7 heteroatoms. The number of hydrogen-bond acceptors (Lipinski definition) is 5. The van der Waals surface area contributed by atoms with Crippen LogP contribution in [0.15, 0.2) is 41.6 Å². The summed E-state index contributed by atoms with van der Waals surface area (Å²) in [6.07, 6.45) is 3.09. The number of aryl methyl sites for hydroxylation is 1. The van der Waals surface area contributed by atoms with Crippen molar-refractivity contribution in [3.63, 3.8) is 0 Å². The van der Waals surface area contributed by atoms with E-state index in [4.69, 9.17) is 0 Å². The van der Waals surface area contributed by atoms with E-state index in [0.717, 1.165) is 10.6 Å². The van der Waals surface area contributed by atoms with Gasteiger partial charge in [-0.1, -0.05) is 6.07 Å². The molecule has 112 valence electrons. The van der Waals surface area contributed by atoms with E-state index in [-0.39, 0.29) is 18.0 Å². The molecule has 0 atom stereocenters. The second kappa shape index (κ2) is 6.07. The van der Waals surface area contributed by atoms with Crippen LogP contribution in [0, 0.1) is 6.92 Å². The molecule has 0 unspecified atom stereocenters. The van der Waals surface area contributed by atoms with E-state index in [1.807, 2.05) is 25.1 Å². The molecule has 3 heterocycles. The van der Waals surface area contributed by atoms with Crippen molar-refractivity contribution < 1.29 is 4.79 Å². The fraction of sp³-hybridized carbons (Fsp3) is 0.200. The number of pyridine rings is 1. The maximum absolute atomic E-state index is 12.3. The van der Waals surface area contributed by atoms with Crippen molar-refractivity contribution in [1.82, 2.24) is 19.9 Å². The lowest BCUT2D eigenvalue weighted by Gasteiger charge is -2.06. The second-order valence-electron chi connectivity index (χ2n) is 4.85. The van der Waals surface area contributed by atoms with Gasteiger partial charge in [-0.25, -0.2) is 4.98 Å². The van der Waals surface area contributed by atoms with E-state index in [1.165, 1.54) is 22.2 Å². The van der Waals surface area contributed by atoms with Crippen LogP contribution in [0.25, 0.3) is 10.2 Å². The molecule has 0 aliphatic heterocycles. The van der Waals surface area contributed by atoms with Gasteiger partial charge in [-0.05, 0) is 25.1 Å². The lowest BCUT2D eigenvalue weighted by molar-refractivity contribution is -0.121. The maximum atomic E-state index is 12.3. The Bertz CT molecular complexity index is 870. The van der Waals surface area contributed by atoms with Crippen molar-refractivity contribution in [3.8, 4) is 0 Å². The molecule has 0 aliphatic carbocycles. The van der Waals surface area contributed by atoms with Crippen molar-refractivity contribution in [2.24, 2.45) is 0 Å². The van der Waals surface area contributed by atoms with Crippen molar-refractivity contribution in [2.75, 3.05) is 0 Å². The Morgan fingerprint density at radius 1 is 1.36 bits per heavy atom. The molecule has 1 N–H and O–H groups in total. The Hall–Kier alpha value is -2.54. The largest absolute Gasteiger partial charge is 0.349 e. The SMILES string of the molecule is Cc1cc2c(=O)n(CC(=O)NCc3ccccn3)cnc2s1. The van der Waals surface area contributed by atoms with Gasteiger partial charge >= 0.3 is 0 Å². The number of aromatic nitrogens is 3. The van der Waals surface area contributed by atoms with Crippen LogP contribution in [0.4, 0.5) is 0 Å². The van der Waals surface area contributed by atoms with Crippen LogP contribution in [0.3, 0.4) is 0 Å². The molecule has 0 aromatic carbocycles. The standard InChI is InChI=1S/C15H14N4O2S/c1-10-6-12-14(22-10)18-9-19(15(12)21)8-13(20)17-7-11-4-2-3-5-16-11/h2-6,9H,7-8H2,1H3,(H,17,20). The van der Waals surface area contributed by atoms with Crippen molar-refractivity contribution in [2.45, 2.75) is 20.0 Å². The third-order valence-electron chi connectivity index (χ3n) is 3.15. The first-order valence-electron chi connectivity index (χ1n) is 6.75. The normalized spacial score (nSPS) is 10.8. The zero-order valence-corrected chi connectivity index (χ0v) is 12.8. The molecule has 1 amide bonds. The topological polar surface area (TPSA) is 76.9 Å². The van der Waals surface area contributed by atoms with Crippen LogP contribution in [0.2, 0.25) is 0 Å². The highest BCUT2D eigenvalue weighted by Crippen LogP contribution is 2.19. The van der Waals surface area contributed by atoms with Gasteiger partial charge in [-0.15, -0.1) is 11.3 Å². The first kappa shape index (κ1) is 14.4. The van der Waals surface area contributed by atoms with Crippen LogP contribution in [0.5, 0.6) is 0 Å². The Labute approximate surface area is 130 Å². The highest BCUT2D eigenvalue weighted by Gasteiger charge is 2.10. The molecule has 6 nitrogen and oxygen atoms in total. The van der Waals surface area contributed by atoms with E-state index in [1.54, 1.807) is 12.3 Å². The summed E-state index contributed by atoms with van der Waals surface area (Å²) in [6, 6.07) is 7.30. The Morgan fingerprint density at radius 3 is 3.00 bits per heavy atom. The molecule has 0 aliphatic rings. The number of rotatable bonds is 4. The minimum Gasteiger partial charge on any atom is -0.349 e. The molecule has 0 spiro atoms. The number of amides is 1. The van der Waals surface area contributed by atoms with Gasteiger partial charge in [0.25, 0.3) is 5.56 Å².